The summed E-state index contributed by atoms with van der Waals surface area (Å²) in [4.78, 5) is 24.5. The van der Waals surface area contributed by atoms with E-state index in [1.807, 2.05) is 6.07 Å². The molecule has 1 heterocycles. The fourth-order valence-electron chi connectivity index (χ4n) is 2.95. The lowest BCUT2D eigenvalue weighted by atomic mass is 9.92. The number of ether oxygens (including phenoxy) is 1. The Morgan fingerprint density at radius 2 is 2.00 bits per heavy atom. The molecule has 1 atom stereocenters. The largest absolute Gasteiger partial charge is 0.504 e. The number of halogens is 1. The molecule has 0 spiro atoms. The highest BCUT2D eigenvalue weighted by Crippen LogP contribution is 2.39. The van der Waals surface area contributed by atoms with Crippen molar-refractivity contribution in [3.63, 3.8) is 0 Å². The van der Waals surface area contributed by atoms with E-state index in [-0.39, 0.29) is 22.1 Å². The van der Waals surface area contributed by atoms with E-state index in [1.54, 1.807) is 31.2 Å². The second kappa shape index (κ2) is 7.59. The van der Waals surface area contributed by atoms with Crippen LogP contribution >= 0.6 is 11.6 Å². The zero-order valence-electron chi connectivity index (χ0n) is 14.5. The first-order chi connectivity index (χ1) is 12.9. The first-order valence-electron chi connectivity index (χ1n) is 8.24. The van der Waals surface area contributed by atoms with Crippen LogP contribution in [0.15, 0.2) is 48.0 Å². The predicted octanol–water partition coefficient (Wildman–Crippen LogP) is 2.69. The summed E-state index contributed by atoms with van der Waals surface area (Å²) in [5.74, 6) is -0.665. The highest BCUT2D eigenvalue weighted by atomic mass is 35.5. The number of benzene rings is 2. The maximum absolute atomic E-state index is 12.3. The number of primary amides is 1. The molecule has 1 aliphatic rings. The molecule has 7 nitrogen and oxygen atoms in total. The van der Waals surface area contributed by atoms with Crippen molar-refractivity contribution in [3.05, 3.63) is 64.2 Å². The summed E-state index contributed by atoms with van der Waals surface area (Å²) in [6.07, 6.45) is 0. The van der Waals surface area contributed by atoms with Crippen molar-refractivity contribution in [1.82, 2.24) is 10.6 Å². The molecule has 0 aromatic heterocycles. The smallest absolute Gasteiger partial charge is 0.320 e. The molecule has 0 radical (unpaired) electrons. The average molecular weight is 388 g/mol. The molecule has 3 amide bonds. The molecule has 140 valence electrons. The van der Waals surface area contributed by atoms with Crippen LogP contribution in [0.2, 0.25) is 5.02 Å². The second-order valence-electron chi connectivity index (χ2n) is 5.82. The van der Waals surface area contributed by atoms with Crippen LogP contribution in [0.4, 0.5) is 4.79 Å². The highest BCUT2D eigenvalue weighted by molar-refractivity contribution is 6.31. The number of aromatic hydroxyl groups is 1. The predicted molar refractivity (Wildman–Crippen MR) is 101 cm³/mol. The van der Waals surface area contributed by atoms with Gasteiger partial charge < -0.3 is 26.2 Å². The van der Waals surface area contributed by atoms with Crippen molar-refractivity contribution in [2.75, 3.05) is 6.61 Å². The Bertz CT molecular complexity index is 928. The standard InChI is InChI=1S/C19H18ClN3O4/c1-2-27-14-8-11(12(20)9-13(14)24)17-15(18(21)25)16(22-19(26)23-17)10-6-4-3-5-7-10/h3-9,17,24H,2H2,1H3,(H2,21,25)(H2,22,23,26)/t17-/m1/s1. The minimum Gasteiger partial charge on any atom is -0.504 e. The molecular formula is C19H18ClN3O4. The molecule has 0 saturated carbocycles. The Hall–Kier alpha value is -3.19. The van der Waals surface area contributed by atoms with E-state index in [0.29, 0.717) is 23.4 Å². The van der Waals surface area contributed by atoms with Crippen LogP contribution in [0.3, 0.4) is 0 Å². The monoisotopic (exact) mass is 387 g/mol. The number of hydrogen-bond donors (Lipinski definition) is 4. The Morgan fingerprint density at radius 1 is 1.30 bits per heavy atom. The number of nitrogens with one attached hydrogen (secondary N) is 2. The quantitative estimate of drug-likeness (QED) is 0.631. The van der Waals surface area contributed by atoms with Gasteiger partial charge in [0, 0.05) is 11.6 Å². The number of phenols is 1. The topological polar surface area (TPSA) is 114 Å². The molecular weight excluding hydrogens is 370 g/mol. The fourth-order valence-corrected chi connectivity index (χ4v) is 3.21. The lowest BCUT2D eigenvalue weighted by Crippen LogP contribution is -2.46. The number of phenolic OH excluding ortho intramolecular Hbond substituents is 1. The Balaban J connectivity index is 2.20. The number of hydrogen-bond acceptors (Lipinski definition) is 4. The second-order valence-corrected chi connectivity index (χ2v) is 6.23. The summed E-state index contributed by atoms with van der Waals surface area (Å²) in [5.41, 5.74) is 7.10. The van der Waals surface area contributed by atoms with Crippen LogP contribution in [0.25, 0.3) is 5.70 Å². The lowest BCUT2D eigenvalue weighted by Gasteiger charge is -2.30. The van der Waals surface area contributed by atoms with Crippen molar-refractivity contribution < 1.29 is 19.4 Å². The number of urea groups is 1. The number of carbonyl (C=O) groups is 2. The molecule has 0 saturated heterocycles. The van der Waals surface area contributed by atoms with Crippen LogP contribution in [0, 0.1) is 0 Å². The number of amides is 3. The summed E-state index contributed by atoms with van der Waals surface area (Å²) in [6, 6.07) is 10.3. The summed E-state index contributed by atoms with van der Waals surface area (Å²) in [7, 11) is 0. The average Bonchev–Trinajstić information content (AvgIpc) is 2.63. The maximum Gasteiger partial charge on any atom is 0.320 e. The third kappa shape index (κ3) is 3.68. The first kappa shape index (κ1) is 18.6. The summed E-state index contributed by atoms with van der Waals surface area (Å²) in [5, 5.41) is 15.5. The minimum absolute atomic E-state index is 0.140. The van der Waals surface area contributed by atoms with E-state index in [4.69, 9.17) is 22.1 Å². The number of rotatable bonds is 5. The van der Waals surface area contributed by atoms with Crippen LogP contribution in [-0.2, 0) is 4.79 Å². The van der Waals surface area contributed by atoms with E-state index >= 15 is 0 Å². The van der Waals surface area contributed by atoms with Gasteiger partial charge in [0.1, 0.15) is 0 Å². The van der Waals surface area contributed by atoms with E-state index in [0.717, 1.165) is 0 Å². The maximum atomic E-state index is 12.3. The Kier molecular flexibility index (Phi) is 5.23. The first-order valence-corrected chi connectivity index (χ1v) is 8.62. The van der Waals surface area contributed by atoms with Gasteiger partial charge in [-0.05, 0) is 18.6 Å². The van der Waals surface area contributed by atoms with Crippen LogP contribution in [0.5, 0.6) is 11.5 Å². The van der Waals surface area contributed by atoms with E-state index in [2.05, 4.69) is 10.6 Å². The highest BCUT2D eigenvalue weighted by Gasteiger charge is 2.34. The van der Waals surface area contributed by atoms with Gasteiger partial charge in [0.25, 0.3) is 0 Å². The molecule has 27 heavy (non-hydrogen) atoms. The summed E-state index contributed by atoms with van der Waals surface area (Å²) in [6.45, 7) is 2.09. The van der Waals surface area contributed by atoms with Gasteiger partial charge in [0.05, 0.1) is 28.9 Å². The van der Waals surface area contributed by atoms with Crippen molar-refractivity contribution in [2.24, 2.45) is 5.73 Å². The van der Waals surface area contributed by atoms with Crippen LogP contribution in [-0.4, -0.2) is 23.7 Å². The molecule has 2 aromatic rings. The van der Waals surface area contributed by atoms with Gasteiger partial charge in [0.15, 0.2) is 11.5 Å². The normalized spacial score (nSPS) is 16.5. The third-order valence-corrected chi connectivity index (χ3v) is 4.42. The molecule has 0 aliphatic carbocycles. The van der Waals surface area contributed by atoms with Crippen LogP contribution < -0.4 is 21.1 Å². The molecule has 1 aliphatic heterocycles. The zero-order chi connectivity index (χ0) is 19.6. The van der Waals surface area contributed by atoms with Gasteiger partial charge in [-0.15, -0.1) is 0 Å². The molecule has 0 fully saturated rings. The number of carbonyl (C=O) groups excluding carboxylic acids is 2. The minimum atomic E-state index is -0.904. The van der Waals surface area contributed by atoms with Gasteiger partial charge in [-0.1, -0.05) is 41.9 Å². The molecule has 3 rings (SSSR count). The van der Waals surface area contributed by atoms with Gasteiger partial charge in [-0.25, -0.2) is 4.79 Å². The molecule has 0 unspecified atom stereocenters. The van der Waals surface area contributed by atoms with Gasteiger partial charge >= 0.3 is 6.03 Å². The van der Waals surface area contributed by atoms with E-state index in [9.17, 15) is 14.7 Å². The van der Waals surface area contributed by atoms with E-state index in [1.165, 1.54) is 12.1 Å². The summed E-state index contributed by atoms with van der Waals surface area (Å²) >= 11 is 6.28. The lowest BCUT2D eigenvalue weighted by molar-refractivity contribution is -0.114. The van der Waals surface area contributed by atoms with Crippen molar-refractivity contribution >= 4 is 29.2 Å². The molecule has 0 bridgehead atoms. The zero-order valence-corrected chi connectivity index (χ0v) is 15.2. The SMILES string of the molecule is CCOc1cc([C@H]2NC(=O)NC(c3ccccc3)=C2C(N)=O)c(Cl)cc1O. The van der Waals surface area contributed by atoms with Gasteiger partial charge in [-0.2, -0.15) is 0 Å². The molecule has 8 heteroatoms. The Labute approximate surface area is 160 Å². The Morgan fingerprint density at radius 3 is 2.63 bits per heavy atom. The van der Waals surface area contributed by atoms with Gasteiger partial charge in [0.2, 0.25) is 5.91 Å². The van der Waals surface area contributed by atoms with Crippen molar-refractivity contribution in [3.8, 4) is 11.5 Å². The summed E-state index contributed by atoms with van der Waals surface area (Å²) < 4.78 is 5.39. The fraction of sp³-hybridized carbons (Fsp3) is 0.158. The number of nitrogens with two attached hydrogens (primary N) is 1. The van der Waals surface area contributed by atoms with Crippen molar-refractivity contribution in [1.29, 1.82) is 0 Å². The molecule has 2 aromatic carbocycles. The van der Waals surface area contributed by atoms with Crippen LogP contribution in [0.1, 0.15) is 24.1 Å². The third-order valence-electron chi connectivity index (χ3n) is 4.09. The van der Waals surface area contributed by atoms with E-state index < -0.39 is 18.0 Å². The van der Waals surface area contributed by atoms with Gasteiger partial charge in [-0.3, -0.25) is 4.79 Å². The van der Waals surface area contributed by atoms with Crippen molar-refractivity contribution in [2.45, 2.75) is 13.0 Å². The molecule has 5 N–H and O–H groups in total.